The lowest BCUT2D eigenvalue weighted by Gasteiger charge is -2.15. The summed E-state index contributed by atoms with van der Waals surface area (Å²) in [7, 11) is 1.91. The van der Waals surface area contributed by atoms with Gasteiger partial charge in [-0.2, -0.15) is 0 Å². The summed E-state index contributed by atoms with van der Waals surface area (Å²) in [5.74, 6) is 2.07. The first-order chi connectivity index (χ1) is 13.0. The number of aryl methyl sites for hydroxylation is 2. The van der Waals surface area contributed by atoms with E-state index >= 15 is 0 Å². The molecule has 0 fully saturated rings. The van der Waals surface area contributed by atoms with Crippen LogP contribution in [0.3, 0.4) is 0 Å². The van der Waals surface area contributed by atoms with Crippen LogP contribution >= 0.6 is 23.4 Å². The van der Waals surface area contributed by atoms with Crippen LogP contribution in [0.25, 0.3) is 11.4 Å². The van der Waals surface area contributed by atoms with E-state index in [4.69, 9.17) is 16.3 Å². The van der Waals surface area contributed by atoms with E-state index in [2.05, 4.69) is 10.2 Å². The Morgan fingerprint density at radius 3 is 2.44 bits per heavy atom. The number of hydrogen-bond donors (Lipinski definition) is 1. The fourth-order valence-corrected chi connectivity index (χ4v) is 3.66. The van der Waals surface area contributed by atoms with E-state index in [1.165, 1.54) is 11.8 Å². The van der Waals surface area contributed by atoms with Crippen molar-refractivity contribution < 1.29 is 9.84 Å². The molecular weight excluding hydrogens is 382 g/mol. The zero-order valence-electron chi connectivity index (χ0n) is 15.5. The smallest absolute Gasteiger partial charge is 0.191 e. The molecule has 27 heavy (non-hydrogen) atoms. The number of nitrogens with zero attached hydrogens (tertiary/aromatic N) is 3. The Morgan fingerprint density at radius 2 is 1.78 bits per heavy atom. The lowest BCUT2D eigenvalue weighted by molar-refractivity contribution is 0.125. The van der Waals surface area contributed by atoms with Crippen LogP contribution in [0.2, 0.25) is 5.02 Å². The molecule has 0 aliphatic carbocycles. The van der Waals surface area contributed by atoms with Crippen molar-refractivity contribution in [1.29, 1.82) is 0 Å². The minimum Gasteiger partial charge on any atom is -0.490 e. The predicted octanol–water partition coefficient (Wildman–Crippen LogP) is 4.28. The number of aromatic nitrogens is 3. The van der Waals surface area contributed by atoms with Crippen molar-refractivity contribution >= 4 is 23.4 Å². The van der Waals surface area contributed by atoms with Crippen LogP contribution < -0.4 is 4.74 Å². The summed E-state index contributed by atoms with van der Waals surface area (Å²) in [6, 6.07) is 13.5. The lowest BCUT2D eigenvalue weighted by atomic mass is 10.1. The van der Waals surface area contributed by atoms with Gasteiger partial charge in [-0.3, -0.25) is 0 Å². The van der Waals surface area contributed by atoms with Crippen LogP contribution in [-0.2, 0) is 7.05 Å². The maximum Gasteiger partial charge on any atom is 0.191 e. The fourth-order valence-electron chi connectivity index (χ4n) is 2.72. The summed E-state index contributed by atoms with van der Waals surface area (Å²) in [4.78, 5) is 0. The molecule has 0 saturated heterocycles. The molecule has 0 radical (unpaired) electrons. The third-order valence-corrected chi connectivity index (χ3v) is 5.59. The van der Waals surface area contributed by atoms with E-state index in [9.17, 15) is 5.11 Å². The van der Waals surface area contributed by atoms with Crippen molar-refractivity contribution in [1.82, 2.24) is 14.8 Å². The molecule has 3 aromatic rings. The molecule has 1 aromatic heterocycles. The van der Waals surface area contributed by atoms with Gasteiger partial charge >= 0.3 is 0 Å². The largest absolute Gasteiger partial charge is 0.490 e. The number of halogens is 1. The molecule has 1 heterocycles. The van der Waals surface area contributed by atoms with Crippen molar-refractivity contribution in [3.63, 3.8) is 0 Å². The van der Waals surface area contributed by atoms with E-state index in [-0.39, 0.29) is 6.61 Å². The number of rotatable bonds is 7. The Bertz CT molecular complexity index is 892. The maximum absolute atomic E-state index is 10.3. The topological polar surface area (TPSA) is 60.2 Å². The highest BCUT2D eigenvalue weighted by Gasteiger charge is 2.14. The highest BCUT2D eigenvalue weighted by Crippen LogP contribution is 2.25. The van der Waals surface area contributed by atoms with Gasteiger partial charge in [-0.25, -0.2) is 0 Å². The average molecular weight is 404 g/mol. The standard InChI is InChI=1S/C20H22ClN3O2S/c1-13-5-4-6-14(2)18(13)26-11-17(25)12-27-20-23-22-19(24(20)3)15-7-9-16(21)10-8-15/h4-10,17,25H,11-12H2,1-3H3/t17-/m0/s1. The summed E-state index contributed by atoms with van der Waals surface area (Å²) in [6.45, 7) is 4.24. The summed E-state index contributed by atoms with van der Waals surface area (Å²) in [6.07, 6.45) is -0.607. The number of benzene rings is 2. The summed E-state index contributed by atoms with van der Waals surface area (Å²) in [5.41, 5.74) is 3.08. The van der Waals surface area contributed by atoms with Gasteiger partial charge < -0.3 is 14.4 Å². The highest BCUT2D eigenvalue weighted by molar-refractivity contribution is 7.99. The molecule has 5 nitrogen and oxygen atoms in total. The molecule has 0 saturated carbocycles. The number of thioether (sulfide) groups is 1. The maximum atomic E-state index is 10.3. The number of para-hydroxylation sites is 1. The number of aliphatic hydroxyl groups is 1. The molecule has 142 valence electrons. The van der Waals surface area contributed by atoms with E-state index in [1.54, 1.807) is 0 Å². The molecule has 1 atom stereocenters. The minimum atomic E-state index is -0.607. The zero-order valence-corrected chi connectivity index (χ0v) is 17.1. The minimum absolute atomic E-state index is 0.237. The molecule has 1 N–H and O–H groups in total. The van der Waals surface area contributed by atoms with Gasteiger partial charge in [0.1, 0.15) is 12.4 Å². The second kappa shape index (κ2) is 8.78. The van der Waals surface area contributed by atoms with Crippen molar-refractivity contribution in [2.75, 3.05) is 12.4 Å². The Morgan fingerprint density at radius 1 is 1.11 bits per heavy atom. The van der Waals surface area contributed by atoms with Crippen LogP contribution in [0.1, 0.15) is 11.1 Å². The first-order valence-electron chi connectivity index (χ1n) is 8.61. The Labute approximate surface area is 168 Å². The van der Waals surface area contributed by atoms with Crippen molar-refractivity contribution in [3.05, 3.63) is 58.6 Å². The van der Waals surface area contributed by atoms with Gasteiger partial charge in [0.05, 0.1) is 6.10 Å². The van der Waals surface area contributed by atoms with Crippen LogP contribution in [0, 0.1) is 13.8 Å². The molecule has 7 heteroatoms. The quantitative estimate of drug-likeness (QED) is 0.596. The average Bonchev–Trinajstić information content (AvgIpc) is 3.01. The Balaban J connectivity index is 1.58. The van der Waals surface area contributed by atoms with Gasteiger partial charge in [-0.05, 0) is 49.2 Å². The van der Waals surface area contributed by atoms with Crippen LogP contribution in [0.5, 0.6) is 5.75 Å². The summed E-state index contributed by atoms with van der Waals surface area (Å²) in [5, 5.41) is 20.2. The normalized spacial score (nSPS) is 12.2. The Hall–Kier alpha value is -2.02. The highest BCUT2D eigenvalue weighted by atomic mass is 35.5. The molecule has 0 bridgehead atoms. The summed E-state index contributed by atoms with van der Waals surface area (Å²) >= 11 is 7.39. The SMILES string of the molecule is Cc1cccc(C)c1OC[C@H](O)CSc1nnc(-c2ccc(Cl)cc2)n1C. The molecule has 0 aliphatic rings. The monoisotopic (exact) mass is 403 g/mol. The molecule has 0 spiro atoms. The lowest BCUT2D eigenvalue weighted by Crippen LogP contribution is -2.21. The van der Waals surface area contributed by atoms with Gasteiger partial charge in [0.25, 0.3) is 0 Å². The second-order valence-electron chi connectivity index (χ2n) is 6.37. The van der Waals surface area contributed by atoms with Crippen LogP contribution in [-0.4, -0.2) is 38.3 Å². The molecule has 0 amide bonds. The first-order valence-corrected chi connectivity index (χ1v) is 9.97. The third kappa shape index (κ3) is 4.83. The molecular formula is C20H22ClN3O2S. The fraction of sp³-hybridized carbons (Fsp3) is 0.300. The van der Waals surface area contributed by atoms with Crippen molar-refractivity contribution in [3.8, 4) is 17.1 Å². The van der Waals surface area contributed by atoms with Gasteiger partial charge in [0.2, 0.25) is 0 Å². The van der Waals surface area contributed by atoms with Gasteiger partial charge in [-0.1, -0.05) is 41.6 Å². The second-order valence-corrected chi connectivity index (χ2v) is 7.79. The van der Waals surface area contributed by atoms with Crippen LogP contribution in [0.4, 0.5) is 0 Å². The van der Waals surface area contributed by atoms with Gasteiger partial charge in [0, 0.05) is 23.4 Å². The third-order valence-electron chi connectivity index (χ3n) is 4.17. The zero-order chi connectivity index (χ0) is 19.4. The number of aliphatic hydroxyl groups excluding tert-OH is 1. The molecule has 0 aliphatic heterocycles. The molecule has 0 unspecified atom stereocenters. The van der Waals surface area contributed by atoms with E-state index in [0.29, 0.717) is 10.8 Å². The number of hydrogen-bond acceptors (Lipinski definition) is 5. The summed E-state index contributed by atoms with van der Waals surface area (Å²) < 4.78 is 7.72. The van der Waals surface area contributed by atoms with E-state index in [0.717, 1.165) is 33.4 Å². The molecule has 3 rings (SSSR count). The van der Waals surface area contributed by atoms with Gasteiger partial charge in [0.15, 0.2) is 11.0 Å². The predicted molar refractivity (Wildman–Crippen MR) is 110 cm³/mol. The molecule has 2 aromatic carbocycles. The van der Waals surface area contributed by atoms with Crippen molar-refractivity contribution in [2.24, 2.45) is 7.05 Å². The Kier molecular flexibility index (Phi) is 6.42. The first kappa shape index (κ1) is 19.7. The van der Waals surface area contributed by atoms with E-state index < -0.39 is 6.10 Å². The van der Waals surface area contributed by atoms with Crippen LogP contribution in [0.15, 0.2) is 47.6 Å². The van der Waals surface area contributed by atoms with Crippen molar-refractivity contribution in [2.45, 2.75) is 25.1 Å². The van der Waals surface area contributed by atoms with E-state index in [1.807, 2.05) is 67.9 Å². The van der Waals surface area contributed by atoms with Gasteiger partial charge in [-0.15, -0.1) is 10.2 Å². The number of ether oxygens (including phenoxy) is 1.